The Hall–Kier alpha value is -2.54. The van der Waals surface area contributed by atoms with Gasteiger partial charge in [0, 0.05) is 17.1 Å². The molecule has 4 heteroatoms. The summed E-state index contributed by atoms with van der Waals surface area (Å²) >= 11 is 0. The minimum absolute atomic E-state index is 0.651. The maximum Gasteiger partial charge on any atom is 0.134 e. The molecule has 1 aromatic carbocycles. The molecule has 0 saturated carbocycles. The van der Waals surface area contributed by atoms with Crippen LogP contribution in [0.25, 0.3) is 16.7 Å². The molecule has 1 N–H and O–H groups in total. The molecule has 0 amide bonds. The van der Waals surface area contributed by atoms with E-state index in [-0.39, 0.29) is 0 Å². The second-order valence-electron chi connectivity index (χ2n) is 3.93. The van der Waals surface area contributed by atoms with Gasteiger partial charge in [0.1, 0.15) is 23.8 Å². The van der Waals surface area contributed by atoms with Gasteiger partial charge in [0.05, 0.1) is 5.69 Å². The van der Waals surface area contributed by atoms with Crippen molar-refractivity contribution in [2.45, 2.75) is 6.92 Å². The van der Waals surface area contributed by atoms with Crippen LogP contribution in [0.15, 0.2) is 36.8 Å². The summed E-state index contributed by atoms with van der Waals surface area (Å²) in [6.45, 7) is 1.92. The Morgan fingerprint density at radius 2 is 2.18 bits per heavy atom. The van der Waals surface area contributed by atoms with Crippen LogP contribution in [0.4, 0.5) is 0 Å². The minimum atomic E-state index is 0.651. The summed E-state index contributed by atoms with van der Waals surface area (Å²) in [6, 6.07) is 10.0. The summed E-state index contributed by atoms with van der Waals surface area (Å²) in [6.07, 6.45) is 3.60. The molecular formula is C13H10N4. The minimum Gasteiger partial charge on any atom is -0.340 e. The molecule has 0 aliphatic carbocycles. The van der Waals surface area contributed by atoms with Gasteiger partial charge in [0.2, 0.25) is 0 Å². The molecule has 17 heavy (non-hydrogen) atoms. The Kier molecular flexibility index (Phi) is 1.99. The van der Waals surface area contributed by atoms with Gasteiger partial charge < -0.3 is 4.98 Å². The number of fused-ring (bicyclic) bond motifs is 1. The quantitative estimate of drug-likeness (QED) is 0.687. The van der Waals surface area contributed by atoms with Gasteiger partial charge in [-0.3, -0.25) is 4.57 Å². The van der Waals surface area contributed by atoms with Crippen LogP contribution in [0.1, 0.15) is 11.3 Å². The Bertz CT molecular complexity index is 727. The second kappa shape index (κ2) is 3.49. The standard InChI is InChI=1S/C13H10N4/c1-9-7-17(8-15-9)13-11(6-14)10-4-2-3-5-12(10)16-13/h2-5,7-8,16H,1H3. The molecule has 0 spiro atoms. The summed E-state index contributed by atoms with van der Waals surface area (Å²) in [5.41, 5.74) is 2.54. The number of nitriles is 1. The number of benzene rings is 1. The molecule has 82 valence electrons. The largest absolute Gasteiger partial charge is 0.340 e. The third-order valence-corrected chi connectivity index (χ3v) is 2.77. The van der Waals surface area contributed by atoms with E-state index in [0.29, 0.717) is 5.56 Å². The molecule has 0 fully saturated rings. The highest BCUT2D eigenvalue weighted by atomic mass is 15.1. The van der Waals surface area contributed by atoms with E-state index in [1.807, 2.05) is 42.0 Å². The fourth-order valence-corrected chi connectivity index (χ4v) is 1.98. The first-order valence-electron chi connectivity index (χ1n) is 5.31. The lowest BCUT2D eigenvalue weighted by Crippen LogP contribution is -1.92. The van der Waals surface area contributed by atoms with E-state index < -0.39 is 0 Å². The van der Waals surface area contributed by atoms with Gasteiger partial charge in [-0.25, -0.2) is 4.98 Å². The smallest absolute Gasteiger partial charge is 0.134 e. The molecule has 2 aromatic heterocycles. The maximum absolute atomic E-state index is 9.27. The molecule has 0 saturated heterocycles. The van der Waals surface area contributed by atoms with Gasteiger partial charge in [-0.1, -0.05) is 18.2 Å². The fourth-order valence-electron chi connectivity index (χ4n) is 1.98. The van der Waals surface area contributed by atoms with E-state index in [0.717, 1.165) is 22.4 Å². The molecule has 0 atom stereocenters. The first-order chi connectivity index (χ1) is 8.29. The second-order valence-corrected chi connectivity index (χ2v) is 3.93. The van der Waals surface area contributed by atoms with Gasteiger partial charge >= 0.3 is 0 Å². The van der Waals surface area contributed by atoms with Crippen molar-refractivity contribution in [3.8, 4) is 11.9 Å². The van der Waals surface area contributed by atoms with Crippen LogP contribution >= 0.6 is 0 Å². The zero-order chi connectivity index (χ0) is 11.8. The van der Waals surface area contributed by atoms with Crippen molar-refractivity contribution in [3.05, 3.63) is 48.0 Å². The highest BCUT2D eigenvalue weighted by Gasteiger charge is 2.12. The van der Waals surface area contributed by atoms with Crippen molar-refractivity contribution in [1.82, 2.24) is 14.5 Å². The van der Waals surface area contributed by atoms with Gasteiger partial charge in [0.25, 0.3) is 0 Å². The molecule has 3 rings (SSSR count). The average Bonchev–Trinajstić information content (AvgIpc) is 2.91. The first-order valence-corrected chi connectivity index (χ1v) is 5.31. The first kappa shape index (κ1) is 9.67. The Morgan fingerprint density at radius 1 is 1.35 bits per heavy atom. The number of para-hydroxylation sites is 1. The number of aryl methyl sites for hydroxylation is 1. The topological polar surface area (TPSA) is 57.4 Å². The molecule has 0 aliphatic rings. The van der Waals surface area contributed by atoms with Crippen molar-refractivity contribution in [2.24, 2.45) is 0 Å². The number of nitrogens with one attached hydrogen (secondary N) is 1. The van der Waals surface area contributed by atoms with Crippen molar-refractivity contribution >= 4 is 10.9 Å². The van der Waals surface area contributed by atoms with E-state index >= 15 is 0 Å². The van der Waals surface area contributed by atoms with Crippen molar-refractivity contribution in [2.75, 3.05) is 0 Å². The number of hydrogen-bond acceptors (Lipinski definition) is 2. The predicted molar refractivity (Wildman–Crippen MR) is 64.9 cm³/mol. The van der Waals surface area contributed by atoms with E-state index in [9.17, 15) is 5.26 Å². The number of H-pyrrole nitrogens is 1. The molecule has 0 aliphatic heterocycles. The summed E-state index contributed by atoms with van der Waals surface area (Å²) in [7, 11) is 0. The molecule has 2 heterocycles. The van der Waals surface area contributed by atoms with Gasteiger partial charge in [-0.2, -0.15) is 5.26 Å². The SMILES string of the molecule is Cc1cn(-c2[nH]c3ccccc3c2C#N)cn1. The fraction of sp³-hybridized carbons (Fsp3) is 0.0769. The van der Waals surface area contributed by atoms with Gasteiger partial charge in [-0.05, 0) is 13.0 Å². The number of aromatic nitrogens is 3. The number of imidazole rings is 1. The third-order valence-electron chi connectivity index (χ3n) is 2.77. The summed E-state index contributed by atoms with van der Waals surface area (Å²) in [5, 5.41) is 10.2. The van der Waals surface area contributed by atoms with Crippen LogP contribution in [0.5, 0.6) is 0 Å². The summed E-state index contributed by atoms with van der Waals surface area (Å²) in [5.74, 6) is 0.773. The van der Waals surface area contributed by atoms with Gasteiger partial charge in [-0.15, -0.1) is 0 Å². The number of rotatable bonds is 1. The van der Waals surface area contributed by atoms with Crippen LogP contribution in [0.3, 0.4) is 0 Å². The lowest BCUT2D eigenvalue weighted by atomic mass is 10.2. The Labute approximate surface area is 98.1 Å². The highest BCUT2D eigenvalue weighted by Crippen LogP contribution is 2.24. The molecule has 0 bridgehead atoms. The molecule has 0 radical (unpaired) electrons. The Balaban J connectivity index is 2.34. The Morgan fingerprint density at radius 3 is 2.88 bits per heavy atom. The van der Waals surface area contributed by atoms with Crippen LogP contribution in [-0.2, 0) is 0 Å². The zero-order valence-corrected chi connectivity index (χ0v) is 9.31. The molecule has 3 aromatic rings. The zero-order valence-electron chi connectivity index (χ0n) is 9.31. The van der Waals surface area contributed by atoms with Crippen LogP contribution in [-0.4, -0.2) is 14.5 Å². The van der Waals surface area contributed by atoms with Crippen molar-refractivity contribution in [1.29, 1.82) is 5.26 Å². The van der Waals surface area contributed by atoms with Crippen molar-refractivity contribution < 1.29 is 0 Å². The average molecular weight is 222 g/mol. The van der Waals surface area contributed by atoms with Crippen LogP contribution < -0.4 is 0 Å². The molecule has 0 unspecified atom stereocenters. The summed E-state index contributed by atoms with van der Waals surface area (Å²) in [4.78, 5) is 7.42. The lowest BCUT2D eigenvalue weighted by Gasteiger charge is -1.97. The number of aromatic amines is 1. The number of hydrogen-bond donors (Lipinski definition) is 1. The van der Waals surface area contributed by atoms with E-state index in [2.05, 4.69) is 16.0 Å². The summed E-state index contributed by atoms with van der Waals surface area (Å²) < 4.78 is 1.84. The monoisotopic (exact) mass is 222 g/mol. The third kappa shape index (κ3) is 1.41. The molecular weight excluding hydrogens is 212 g/mol. The normalized spacial score (nSPS) is 10.6. The number of nitrogens with zero attached hydrogens (tertiary/aromatic N) is 3. The maximum atomic E-state index is 9.27. The molecule has 4 nitrogen and oxygen atoms in total. The van der Waals surface area contributed by atoms with Crippen molar-refractivity contribution in [3.63, 3.8) is 0 Å². The lowest BCUT2D eigenvalue weighted by molar-refractivity contribution is 1.01. The van der Waals surface area contributed by atoms with E-state index in [1.165, 1.54) is 0 Å². The van der Waals surface area contributed by atoms with E-state index in [1.54, 1.807) is 6.33 Å². The van der Waals surface area contributed by atoms with E-state index in [4.69, 9.17) is 0 Å². The van der Waals surface area contributed by atoms with Gasteiger partial charge in [0.15, 0.2) is 0 Å². The highest BCUT2D eigenvalue weighted by molar-refractivity contribution is 5.89. The predicted octanol–water partition coefficient (Wildman–Crippen LogP) is 2.53. The van der Waals surface area contributed by atoms with Crippen LogP contribution in [0.2, 0.25) is 0 Å². The van der Waals surface area contributed by atoms with Crippen LogP contribution in [0, 0.1) is 18.3 Å².